The molecule has 0 saturated carbocycles. The number of aromatic nitrogens is 3. The van der Waals surface area contributed by atoms with Crippen LogP contribution in [0.4, 0.5) is 0 Å². The summed E-state index contributed by atoms with van der Waals surface area (Å²) < 4.78 is 0. The second-order valence-electron chi connectivity index (χ2n) is 2.87. The molecule has 1 N–H and O–H groups in total. The van der Waals surface area contributed by atoms with Gasteiger partial charge in [-0.25, -0.2) is 4.98 Å². The van der Waals surface area contributed by atoms with Gasteiger partial charge in [0, 0.05) is 5.56 Å². The Morgan fingerprint density at radius 2 is 1.71 bits per heavy atom. The van der Waals surface area contributed by atoms with Gasteiger partial charge in [0.25, 0.3) is 0 Å². The molecule has 0 radical (unpaired) electrons. The molecule has 1 aromatic carbocycles. The zero-order valence-electron chi connectivity index (χ0n) is 7.68. The molecule has 4 nitrogen and oxygen atoms in total. The van der Waals surface area contributed by atoms with Crippen molar-refractivity contribution in [1.29, 1.82) is 0 Å². The quantitative estimate of drug-likeness (QED) is 0.735. The Bertz CT molecular complexity index is 422. The molecule has 1 aromatic heterocycles. The fourth-order valence-electron chi connectivity index (χ4n) is 1.18. The molecule has 0 amide bonds. The summed E-state index contributed by atoms with van der Waals surface area (Å²) in [7, 11) is 0. The topological polar surface area (TPSA) is 58.9 Å². The molecule has 0 fully saturated rings. The van der Waals surface area contributed by atoms with Crippen molar-refractivity contribution in [3.05, 3.63) is 36.2 Å². The van der Waals surface area contributed by atoms with E-state index in [0.717, 1.165) is 5.56 Å². The Labute approximate surface area is 81.3 Å². The van der Waals surface area contributed by atoms with Gasteiger partial charge in [-0.2, -0.15) is 9.97 Å². The van der Waals surface area contributed by atoms with Crippen molar-refractivity contribution < 1.29 is 5.11 Å². The first-order chi connectivity index (χ1) is 6.75. The SMILES string of the molecule is Cc1nc(O)nc(-c2ccccc2)n1. The standard InChI is InChI=1S/C10H9N3O/c1-7-11-9(13-10(14)12-7)8-5-3-2-4-6-8/h2-6H,1H3,(H,11,12,13,14). The number of rotatable bonds is 1. The van der Waals surface area contributed by atoms with Gasteiger partial charge < -0.3 is 5.11 Å². The average Bonchev–Trinajstić information content (AvgIpc) is 2.18. The molecular formula is C10H9N3O. The van der Waals surface area contributed by atoms with Gasteiger partial charge in [0.05, 0.1) is 0 Å². The van der Waals surface area contributed by atoms with Gasteiger partial charge in [-0.15, -0.1) is 0 Å². The van der Waals surface area contributed by atoms with Crippen LogP contribution < -0.4 is 0 Å². The molecule has 1 heterocycles. The van der Waals surface area contributed by atoms with Crippen molar-refractivity contribution in [2.24, 2.45) is 0 Å². The van der Waals surface area contributed by atoms with Gasteiger partial charge in [-0.3, -0.25) is 0 Å². The summed E-state index contributed by atoms with van der Waals surface area (Å²) in [6.07, 6.45) is 0. The minimum atomic E-state index is -0.239. The maximum Gasteiger partial charge on any atom is 0.317 e. The van der Waals surface area contributed by atoms with E-state index in [2.05, 4.69) is 15.0 Å². The van der Waals surface area contributed by atoms with E-state index in [1.807, 2.05) is 30.3 Å². The highest BCUT2D eigenvalue weighted by molar-refractivity contribution is 5.54. The average molecular weight is 187 g/mol. The molecule has 2 rings (SSSR count). The lowest BCUT2D eigenvalue weighted by molar-refractivity contribution is 0.427. The Hall–Kier alpha value is -1.97. The molecular weight excluding hydrogens is 178 g/mol. The molecule has 70 valence electrons. The lowest BCUT2D eigenvalue weighted by Gasteiger charge is -2.00. The summed E-state index contributed by atoms with van der Waals surface area (Å²) in [5, 5.41) is 9.19. The van der Waals surface area contributed by atoms with E-state index in [0.29, 0.717) is 11.6 Å². The number of benzene rings is 1. The zero-order valence-corrected chi connectivity index (χ0v) is 7.68. The molecule has 0 aliphatic heterocycles. The van der Waals surface area contributed by atoms with E-state index in [-0.39, 0.29) is 6.01 Å². The molecule has 0 saturated heterocycles. The molecule has 0 spiro atoms. The second-order valence-corrected chi connectivity index (χ2v) is 2.87. The van der Waals surface area contributed by atoms with E-state index in [4.69, 9.17) is 0 Å². The fourth-order valence-corrected chi connectivity index (χ4v) is 1.18. The van der Waals surface area contributed by atoms with Crippen LogP contribution in [0.2, 0.25) is 0 Å². The number of aryl methyl sites for hydroxylation is 1. The van der Waals surface area contributed by atoms with Crippen molar-refractivity contribution in [2.45, 2.75) is 6.92 Å². The molecule has 14 heavy (non-hydrogen) atoms. The summed E-state index contributed by atoms with van der Waals surface area (Å²) >= 11 is 0. The maximum absolute atomic E-state index is 9.19. The van der Waals surface area contributed by atoms with Gasteiger partial charge >= 0.3 is 6.01 Å². The highest BCUT2D eigenvalue weighted by atomic mass is 16.3. The van der Waals surface area contributed by atoms with Crippen molar-refractivity contribution in [1.82, 2.24) is 15.0 Å². The molecule has 0 unspecified atom stereocenters. The lowest BCUT2D eigenvalue weighted by atomic mass is 10.2. The monoisotopic (exact) mass is 187 g/mol. The van der Waals surface area contributed by atoms with Crippen LogP contribution in [0.5, 0.6) is 6.01 Å². The largest absolute Gasteiger partial charge is 0.479 e. The van der Waals surface area contributed by atoms with Crippen molar-refractivity contribution in [2.75, 3.05) is 0 Å². The number of hydrogen-bond acceptors (Lipinski definition) is 4. The minimum absolute atomic E-state index is 0.239. The first-order valence-electron chi connectivity index (χ1n) is 4.23. The molecule has 0 bridgehead atoms. The molecule has 0 aliphatic rings. The second kappa shape index (κ2) is 3.41. The lowest BCUT2D eigenvalue weighted by Crippen LogP contribution is -1.95. The predicted molar refractivity (Wildman–Crippen MR) is 51.7 cm³/mol. The summed E-state index contributed by atoms with van der Waals surface area (Å²) in [5.74, 6) is 1.01. The van der Waals surface area contributed by atoms with Gasteiger partial charge in [0.1, 0.15) is 5.82 Å². The summed E-state index contributed by atoms with van der Waals surface area (Å²) in [4.78, 5) is 11.7. The first kappa shape index (κ1) is 8.62. The minimum Gasteiger partial charge on any atom is -0.479 e. The van der Waals surface area contributed by atoms with Crippen LogP contribution in [0.15, 0.2) is 30.3 Å². The van der Waals surface area contributed by atoms with Gasteiger partial charge in [0.15, 0.2) is 5.82 Å². The Kier molecular flexibility index (Phi) is 2.10. The number of aromatic hydroxyl groups is 1. The van der Waals surface area contributed by atoms with E-state index in [9.17, 15) is 5.11 Å². The predicted octanol–water partition coefficient (Wildman–Crippen LogP) is 1.55. The third-order valence-electron chi connectivity index (χ3n) is 1.77. The van der Waals surface area contributed by atoms with Crippen molar-refractivity contribution >= 4 is 0 Å². The van der Waals surface area contributed by atoms with Crippen LogP contribution in [-0.2, 0) is 0 Å². The number of hydrogen-bond donors (Lipinski definition) is 1. The maximum atomic E-state index is 9.19. The molecule has 0 aliphatic carbocycles. The fraction of sp³-hybridized carbons (Fsp3) is 0.100. The van der Waals surface area contributed by atoms with Crippen LogP contribution in [-0.4, -0.2) is 20.1 Å². The normalized spacial score (nSPS) is 10.1. The van der Waals surface area contributed by atoms with E-state index >= 15 is 0 Å². The third-order valence-corrected chi connectivity index (χ3v) is 1.77. The Morgan fingerprint density at radius 3 is 2.36 bits per heavy atom. The molecule has 2 aromatic rings. The van der Waals surface area contributed by atoms with Crippen LogP contribution in [0.25, 0.3) is 11.4 Å². The number of nitrogens with zero attached hydrogens (tertiary/aromatic N) is 3. The molecule has 4 heteroatoms. The van der Waals surface area contributed by atoms with Crippen molar-refractivity contribution in [3.63, 3.8) is 0 Å². The van der Waals surface area contributed by atoms with E-state index in [1.54, 1.807) is 6.92 Å². The Balaban J connectivity index is 2.52. The summed E-state index contributed by atoms with van der Waals surface area (Å²) in [5.41, 5.74) is 0.869. The van der Waals surface area contributed by atoms with E-state index in [1.165, 1.54) is 0 Å². The van der Waals surface area contributed by atoms with E-state index < -0.39 is 0 Å². The first-order valence-corrected chi connectivity index (χ1v) is 4.23. The van der Waals surface area contributed by atoms with Gasteiger partial charge in [0.2, 0.25) is 0 Å². The highest BCUT2D eigenvalue weighted by Gasteiger charge is 2.03. The zero-order chi connectivity index (χ0) is 9.97. The van der Waals surface area contributed by atoms with Crippen LogP contribution in [0.1, 0.15) is 5.82 Å². The molecule has 0 atom stereocenters. The third kappa shape index (κ3) is 1.69. The highest BCUT2D eigenvalue weighted by Crippen LogP contribution is 2.15. The van der Waals surface area contributed by atoms with Crippen LogP contribution in [0, 0.1) is 6.92 Å². The van der Waals surface area contributed by atoms with Crippen molar-refractivity contribution in [3.8, 4) is 17.4 Å². The summed E-state index contributed by atoms with van der Waals surface area (Å²) in [6.45, 7) is 1.72. The van der Waals surface area contributed by atoms with Gasteiger partial charge in [-0.05, 0) is 6.92 Å². The van der Waals surface area contributed by atoms with Crippen LogP contribution in [0.3, 0.4) is 0 Å². The van der Waals surface area contributed by atoms with Crippen LogP contribution >= 0.6 is 0 Å². The summed E-state index contributed by atoms with van der Waals surface area (Å²) in [6, 6.07) is 9.23. The van der Waals surface area contributed by atoms with Gasteiger partial charge in [-0.1, -0.05) is 30.3 Å². The smallest absolute Gasteiger partial charge is 0.317 e. The Morgan fingerprint density at radius 1 is 1.00 bits per heavy atom.